The van der Waals surface area contributed by atoms with Crippen molar-refractivity contribution in [2.45, 2.75) is 33.7 Å². The fourth-order valence-corrected chi connectivity index (χ4v) is 2.03. The highest BCUT2D eigenvalue weighted by Gasteiger charge is 2.19. The summed E-state index contributed by atoms with van der Waals surface area (Å²) in [4.78, 5) is 24.2. The molecule has 0 fully saturated rings. The number of nitrogens with one attached hydrogen (secondary N) is 1. The van der Waals surface area contributed by atoms with Crippen LogP contribution in [0.5, 0.6) is 0 Å². The van der Waals surface area contributed by atoms with Crippen molar-refractivity contribution in [2.24, 2.45) is 0 Å². The molecule has 1 atom stereocenters. The van der Waals surface area contributed by atoms with Crippen LogP contribution in [0, 0.1) is 17.0 Å². The third-order valence-electron chi connectivity index (χ3n) is 3.24. The van der Waals surface area contributed by atoms with Crippen LogP contribution >= 0.6 is 0 Å². The minimum Gasteiger partial charge on any atom is -0.374 e. The predicted octanol–water partition coefficient (Wildman–Crippen LogP) is 2.57. The number of hydrogen-bond donors (Lipinski definition) is 1. The third-order valence-corrected chi connectivity index (χ3v) is 3.24. The first-order valence-corrected chi connectivity index (χ1v) is 6.71. The number of carbonyl (C=O) groups excluding carboxylic acids is 1. The fourth-order valence-electron chi connectivity index (χ4n) is 2.03. The van der Waals surface area contributed by atoms with Crippen LogP contribution in [-0.4, -0.2) is 34.9 Å². The van der Waals surface area contributed by atoms with Gasteiger partial charge in [0.2, 0.25) is 5.91 Å². The molecule has 6 heteroatoms. The summed E-state index contributed by atoms with van der Waals surface area (Å²) < 4.78 is 0. The van der Waals surface area contributed by atoms with Gasteiger partial charge in [-0.15, -0.1) is 0 Å². The second-order valence-corrected chi connectivity index (χ2v) is 4.63. The molecule has 20 heavy (non-hydrogen) atoms. The van der Waals surface area contributed by atoms with E-state index in [2.05, 4.69) is 5.32 Å². The van der Waals surface area contributed by atoms with Gasteiger partial charge in [-0.3, -0.25) is 14.9 Å². The van der Waals surface area contributed by atoms with Crippen LogP contribution in [0.1, 0.15) is 26.3 Å². The lowest BCUT2D eigenvalue weighted by Gasteiger charge is -2.24. The first-order chi connectivity index (χ1) is 9.40. The molecule has 6 nitrogen and oxygen atoms in total. The molecule has 0 aromatic heterocycles. The van der Waals surface area contributed by atoms with Gasteiger partial charge < -0.3 is 10.2 Å². The van der Waals surface area contributed by atoms with Crippen LogP contribution in [-0.2, 0) is 4.79 Å². The van der Waals surface area contributed by atoms with Crippen molar-refractivity contribution in [2.75, 3.05) is 18.4 Å². The number of likely N-dealkylation sites (N-methyl/N-ethyl adjacent to an activating group) is 1. The molecule has 1 aromatic carbocycles. The molecule has 0 saturated heterocycles. The molecule has 1 amide bonds. The fraction of sp³-hybridized carbons (Fsp3) is 0.500. The van der Waals surface area contributed by atoms with Crippen molar-refractivity contribution in [3.8, 4) is 0 Å². The maximum absolute atomic E-state index is 12.2. The smallest absolute Gasteiger partial charge is 0.269 e. The van der Waals surface area contributed by atoms with Gasteiger partial charge in [0.25, 0.3) is 5.69 Å². The van der Waals surface area contributed by atoms with Crippen LogP contribution in [0.2, 0.25) is 0 Å². The highest BCUT2D eigenvalue weighted by molar-refractivity contribution is 5.84. The van der Waals surface area contributed by atoms with Gasteiger partial charge in [-0.1, -0.05) is 0 Å². The van der Waals surface area contributed by atoms with Crippen molar-refractivity contribution in [1.29, 1.82) is 0 Å². The molecule has 110 valence electrons. The molecule has 0 heterocycles. The Bertz CT molecular complexity index is 498. The number of rotatable bonds is 6. The van der Waals surface area contributed by atoms with Gasteiger partial charge in [0.15, 0.2) is 0 Å². The van der Waals surface area contributed by atoms with E-state index in [9.17, 15) is 14.9 Å². The van der Waals surface area contributed by atoms with Crippen molar-refractivity contribution in [3.63, 3.8) is 0 Å². The largest absolute Gasteiger partial charge is 0.374 e. The molecule has 0 aliphatic carbocycles. The highest BCUT2D eigenvalue weighted by atomic mass is 16.6. The standard InChI is InChI=1S/C14H21N3O3/c1-5-16(6-2)14(18)11(4)15-13-8-7-12(17(19)20)9-10(13)3/h7-9,11,15H,5-6H2,1-4H3. The quantitative estimate of drug-likeness (QED) is 0.641. The molecular formula is C14H21N3O3. The van der Waals surface area contributed by atoms with Crippen LogP contribution in [0.25, 0.3) is 0 Å². The van der Waals surface area contributed by atoms with Crippen molar-refractivity contribution < 1.29 is 9.72 Å². The summed E-state index contributed by atoms with van der Waals surface area (Å²) in [5, 5.41) is 13.8. The number of amides is 1. The average Bonchev–Trinajstić information content (AvgIpc) is 2.41. The molecular weight excluding hydrogens is 258 g/mol. The second-order valence-electron chi connectivity index (χ2n) is 4.63. The van der Waals surface area contributed by atoms with Gasteiger partial charge >= 0.3 is 0 Å². The Morgan fingerprint density at radius 1 is 1.40 bits per heavy atom. The number of hydrogen-bond acceptors (Lipinski definition) is 4. The van der Waals surface area contributed by atoms with Crippen LogP contribution in [0.4, 0.5) is 11.4 Å². The normalized spacial score (nSPS) is 11.8. The highest BCUT2D eigenvalue weighted by Crippen LogP contribution is 2.22. The minimum atomic E-state index is -0.429. The monoisotopic (exact) mass is 279 g/mol. The van der Waals surface area contributed by atoms with Gasteiger partial charge in [-0.25, -0.2) is 0 Å². The van der Waals surface area contributed by atoms with Crippen molar-refractivity contribution in [3.05, 3.63) is 33.9 Å². The lowest BCUT2D eigenvalue weighted by molar-refractivity contribution is -0.384. The molecule has 1 unspecified atom stereocenters. The number of non-ortho nitro benzene ring substituents is 1. The summed E-state index contributed by atoms with van der Waals surface area (Å²) in [6.07, 6.45) is 0. The number of benzene rings is 1. The summed E-state index contributed by atoms with van der Waals surface area (Å²) in [6.45, 7) is 8.78. The van der Waals surface area contributed by atoms with Crippen LogP contribution in [0.15, 0.2) is 18.2 Å². The lowest BCUT2D eigenvalue weighted by Crippen LogP contribution is -2.41. The minimum absolute atomic E-state index is 0.0211. The van der Waals surface area contributed by atoms with Gasteiger partial charge in [0.1, 0.15) is 6.04 Å². The van der Waals surface area contributed by atoms with Gasteiger partial charge in [0, 0.05) is 30.9 Å². The number of nitro groups is 1. The van der Waals surface area contributed by atoms with Crippen molar-refractivity contribution >= 4 is 17.3 Å². The molecule has 0 bridgehead atoms. The molecule has 0 spiro atoms. The predicted molar refractivity (Wildman–Crippen MR) is 78.8 cm³/mol. The summed E-state index contributed by atoms with van der Waals surface area (Å²) >= 11 is 0. The zero-order valence-electron chi connectivity index (χ0n) is 12.3. The first kappa shape index (κ1) is 15.9. The summed E-state index contributed by atoms with van der Waals surface area (Å²) in [5.41, 5.74) is 1.54. The van der Waals surface area contributed by atoms with Crippen molar-refractivity contribution in [1.82, 2.24) is 4.90 Å². The Hall–Kier alpha value is -2.11. The summed E-state index contributed by atoms with van der Waals surface area (Å²) in [7, 11) is 0. The number of anilines is 1. The number of carbonyl (C=O) groups is 1. The SMILES string of the molecule is CCN(CC)C(=O)C(C)Nc1ccc([N+](=O)[O-])cc1C. The van der Waals surface area contributed by atoms with E-state index in [1.807, 2.05) is 13.8 Å². The van der Waals surface area contributed by atoms with E-state index in [1.165, 1.54) is 12.1 Å². The molecule has 0 radical (unpaired) electrons. The van der Waals surface area contributed by atoms with E-state index < -0.39 is 4.92 Å². The van der Waals surface area contributed by atoms with E-state index in [4.69, 9.17) is 0 Å². The van der Waals surface area contributed by atoms with E-state index >= 15 is 0 Å². The molecule has 1 rings (SSSR count). The molecule has 0 aliphatic heterocycles. The van der Waals surface area contributed by atoms with E-state index in [-0.39, 0.29) is 17.6 Å². The Balaban J connectivity index is 2.83. The Morgan fingerprint density at radius 2 is 2.00 bits per heavy atom. The molecule has 1 N–H and O–H groups in total. The van der Waals surface area contributed by atoms with Gasteiger partial charge in [-0.05, 0) is 39.3 Å². The first-order valence-electron chi connectivity index (χ1n) is 6.71. The van der Waals surface area contributed by atoms with E-state index in [0.717, 1.165) is 11.3 Å². The topological polar surface area (TPSA) is 75.5 Å². The third kappa shape index (κ3) is 3.69. The Kier molecular flexibility index (Phi) is 5.49. The van der Waals surface area contributed by atoms with Gasteiger partial charge in [0.05, 0.1) is 4.92 Å². The van der Waals surface area contributed by atoms with E-state index in [0.29, 0.717) is 13.1 Å². The maximum Gasteiger partial charge on any atom is 0.269 e. The molecule has 0 aliphatic rings. The zero-order valence-corrected chi connectivity index (χ0v) is 12.3. The number of aryl methyl sites for hydroxylation is 1. The maximum atomic E-state index is 12.2. The number of nitro benzene ring substituents is 1. The Labute approximate surface area is 118 Å². The summed E-state index contributed by atoms with van der Waals surface area (Å²) in [5.74, 6) is 0.0211. The lowest BCUT2D eigenvalue weighted by atomic mass is 10.1. The average molecular weight is 279 g/mol. The molecule has 0 saturated carbocycles. The van der Waals surface area contributed by atoms with Crippen LogP contribution in [0.3, 0.4) is 0 Å². The number of nitrogens with zero attached hydrogens (tertiary/aromatic N) is 2. The molecule has 1 aromatic rings. The second kappa shape index (κ2) is 6.88. The summed E-state index contributed by atoms with van der Waals surface area (Å²) in [6, 6.07) is 4.20. The van der Waals surface area contributed by atoms with E-state index in [1.54, 1.807) is 24.8 Å². The zero-order chi connectivity index (χ0) is 15.3. The Morgan fingerprint density at radius 3 is 2.45 bits per heavy atom. The van der Waals surface area contributed by atoms with Crippen LogP contribution < -0.4 is 5.32 Å². The van der Waals surface area contributed by atoms with Gasteiger partial charge in [-0.2, -0.15) is 0 Å².